The molecule has 2 heterocycles. The van der Waals surface area contributed by atoms with E-state index in [1.54, 1.807) is 29.2 Å². The molecule has 7 nitrogen and oxygen atoms in total. The number of nitrogens with zero attached hydrogens (tertiary/aromatic N) is 2. The number of ketones is 1. The first-order valence-corrected chi connectivity index (χ1v) is 12.5. The van der Waals surface area contributed by atoms with Crippen LogP contribution in [0.1, 0.15) is 62.3 Å². The van der Waals surface area contributed by atoms with Crippen LogP contribution in [0.4, 0.5) is 0 Å². The minimum absolute atomic E-state index is 0.00817. The highest BCUT2D eigenvalue weighted by atomic mass is 16.5. The number of Topliss-reactive ketones (excluding diaryl/α,β-unsaturated/α-hetero) is 1. The van der Waals surface area contributed by atoms with Crippen LogP contribution in [0.2, 0.25) is 0 Å². The summed E-state index contributed by atoms with van der Waals surface area (Å²) < 4.78 is 7.59. The van der Waals surface area contributed by atoms with Crippen molar-refractivity contribution < 1.29 is 24.0 Å². The Hall–Kier alpha value is -3.87. The number of rotatable bonds is 10. The zero-order valence-electron chi connectivity index (χ0n) is 21.1. The number of aromatic nitrogens is 2. The van der Waals surface area contributed by atoms with E-state index in [1.807, 2.05) is 54.5 Å². The minimum Gasteiger partial charge on any atom is -0.872 e. The van der Waals surface area contributed by atoms with Crippen LogP contribution in [0.15, 0.2) is 72.8 Å². The van der Waals surface area contributed by atoms with Crippen molar-refractivity contribution in [2.24, 2.45) is 0 Å². The van der Waals surface area contributed by atoms with E-state index in [-0.39, 0.29) is 5.57 Å². The fourth-order valence-electron chi connectivity index (χ4n) is 4.47. The van der Waals surface area contributed by atoms with E-state index in [0.717, 1.165) is 17.5 Å². The summed E-state index contributed by atoms with van der Waals surface area (Å²) >= 11 is 0. The molecule has 0 spiro atoms. The molecule has 188 valence electrons. The van der Waals surface area contributed by atoms with Crippen LogP contribution in [0, 0.1) is 0 Å². The lowest BCUT2D eigenvalue weighted by atomic mass is 9.93. The molecule has 1 aliphatic heterocycles. The molecule has 0 saturated carbocycles. The van der Waals surface area contributed by atoms with E-state index in [9.17, 15) is 14.7 Å². The number of aromatic amines is 1. The summed E-state index contributed by atoms with van der Waals surface area (Å²) in [5, 5.41) is 13.6. The summed E-state index contributed by atoms with van der Waals surface area (Å²) in [4.78, 5) is 30.9. The summed E-state index contributed by atoms with van der Waals surface area (Å²) in [6.07, 6.45) is 7.10. The van der Waals surface area contributed by atoms with Gasteiger partial charge in [-0.15, -0.1) is 0 Å². The van der Waals surface area contributed by atoms with E-state index < -0.39 is 23.5 Å². The summed E-state index contributed by atoms with van der Waals surface area (Å²) in [5.41, 5.74) is 2.29. The molecule has 0 radical (unpaired) electrons. The molecule has 7 heteroatoms. The Morgan fingerprint density at radius 3 is 2.44 bits per heavy atom. The molecule has 1 fully saturated rings. The number of imidazole rings is 1. The van der Waals surface area contributed by atoms with Crippen LogP contribution in [0.3, 0.4) is 0 Å². The largest absolute Gasteiger partial charge is 0.872 e. The van der Waals surface area contributed by atoms with Crippen LogP contribution >= 0.6 is 0 Å². The number of hydrogen-bond acceptors (Lipinski definition) is 4. The lowest BCUT2D eigenvalue weighted by Crippen LogP contribution is -2.36. The molecule has 0 bridgehead atoms. The normalized spacial score (nSPS) is 17.2. The number of carbonyl (C=O) groups is 2. The molecular weight excluding hydrogens is 454 g/mol. The maximum Gasteiger partial charge on any atom is 0.295 e. The molecule has 3 aromatic rings. The second kappa shape index (κ2) is 11.2. The zero-order chi connectivity index (χ0) is 25.7. The van der Waals surface area contributed by atoms with Crippen LogP contribution < -0.4 is 14.4 Å². The molecular formula is C29H33N3O4. The number of nitrogens with one attached hydrogen (secondary N) is 1. The Morgan fingerprint density at radius 1 is 1.11 bits per heavy atom. The minimum atomic E-state index is -0.724. The van der Waals surface area contributed by atoms with Gasteiger partial charge in [-0.25, -0.2) is 4.57 Å². The number of ether oxygens (including phenoxy) is 1. The summed E-state index contributed by atoms with van der Waals surface area (Å²) in [5.74, 6) is -0.761. The molecule has 1 aliphatic rings. The van der Waals surface area contributed by atoms with Gasteiger partial charge >= 0.3 is 0 Å². The molecule has 0 aliphatic carbocycles. The van der Waals surface area contributed by atoms with Crippen molar-refractivity contribution in [2.75, 3.05) is 13.2 Å². The summed E-state index contributed by atoms with van der Waals surface area (Å²) in [7, 11) is 0. The second-order valence-electron chi connectivity index (χ2n) is 9.37. The fourth-order valence-corrected chi connectivity index (χ4v) is 4.47. The molecule has 2 aromatic carbocycles. The molecule has 1 aromatic heterocycles. The molecule has 1 saturated heterocycles. The first-order valence-electron chi connectivity index (χ1n) is 12.5. The average Bonchev–Trinajstić information content (AvgIpc) is 3.50. The van der Waals surface area contributed by atoms with E-state index in [4.69, 9.17) is 4.74 Å². The SMILES string of the molecule is CCCOc1ccc(C([O-])=C2C(=O)C(=O)N(CCC[n+]3cc[nH]c3)C2c2ccc(C(C)C)cc2)cc1. The quantitative estimate of drug-likeness (QED) is 0.205. The number of amides is 1. The van der Waals surface area contributed by atoms with Crippen molar-refractivity contribution in [3.8, 4) is 5.75 Å². The molecule has 1 amide bonds. The van der Waals surface area contributed by atoms with E-state index in [2.05, 4.69) is 18.8 Å². The highest BCUT2D eigenvalue weighted by Gasteiger charge is 2.43. The van der Waals surface area contributed by atoms with Crippen LogP contribution in [-0.2, 0) is 16.1 Å². The van der Waals surface area contributed by atoms with Gasteiger partial charge in [0.25, 0.3) is 5.91 Å². The Morgan fingerprint density at radius 2 is 1.83 bits per heavy atom. The number of aryl methyl sites for hydroxylation is 1. The van der Waals surface area contributed by atoms with Gasteiger partial charge < -0.3 is 14.7 Å². The average molecular weight is 488 g/mol. The third-order valence-electron chi connectivity index (χ3n) is 6.46. The Labute approximate surface area is 212 Å². The van der Waals surface area contributed by atoms with Crippen molar-refractivity contribution in [3.63, 3.8) is 0 Å². The van der Waals surface area contributed by atoms with Gasteiger partial charge in [-0.2, -0.15) is 0 Å². The van der Waals surface area contributed by atoms with Gasteiger partial charge in [0.1, 0.15) is 18.1 Å². The Balaban J connectivity index is 1.69. The number of benzene rings is 2. The predicted octanol–water partition coefficient (Wildman–Crippen LogP) is 3.53. The van der Waals surface area contributed by atoms with Gasteiger partial charge in [0.2, 0.25) is 12.1 Å². The van der Waals surface area contributed by atoms with E-state index in [0.29, 0.717) is 43.3 Å². The Bertz CT molecular complexity index is 1210. The van der Waals surface area contributed by atoms with Crippen molar-refractivity contribution in [3.05, 3.63) is 89.5 Å². The topological polar surface area (TPSA) is 89.3 Å². The van der Waals surface area contributed by atoms with Gasteiger partial charge in [-0.05, 0) is 41.2 Å². The number of likely N-dealkylation sites (tertiary alicyclic amines) is 1. The molecule has 1 unspecified atom stereocenters. The van der Waals surface area contributed by atoms with Gasteiger partial charge in [-0.3, -0.25) is 14.6 Å². The maximum atomic E-state index is 13.6. The number of carbonyl (C=O) groups excluding carboxylic acids is 2. The second-order valence-corrected chi connectivity index (χ2v) is 9.37. The predicted molar refractivity (Wildman–Crippen MR) is 135 cm³/mol. The lowest BCUT2D eigenvalue weighted by Gasteiger charge is -2.27. The zero-order valence-corrected chi connectivity index (χ0v) is 21.1. The highest BCUT2D eigenvalue weighted by Crippen LogP contribution is 2.39. The van der Waals surface area contributed by atoms with Crippen LogP contribution in [0.5, 0.6) is 5.75 Å². The van der Waals surface area contributed by atoms with Crippen LogP contribution in [0.25, 0.3) is 5.76 Å². The number of hydrogen-bond donors (Lipinski definition) is 1. The summed E-state index contributed by atoms with van der Waals surface area (Å²) in [6.45, 7) is 7.87. The maximum absolute atomic E-state index is 13.6. The van der Waals surface area contributed by atoms with Crippen molar-refractivity contribution >= 4 is 17.4 Å². The Kier molecular flexibility index (Phi) is 7.88. The first-order chi connectivity index (χ1) is 17.4. The van der Waals surface area contributed by atoms with Crippen LogP contribution in [-0.4, -0.2) is 34.7 Å². The lowest BCUT2D eigenvalue weighted by molar-refractivity contribution is -0.695. The smallest absolute Gasteiger partial charge is 0.295 e. The molecule has 1 N–H and O–H groups in total. The number of H-pyrrole nitrogens is 1. The third kappa shape index (κ3) is 5.35. The molecule has 36 heavy (non-hydrogen) atoms. The molecule has 1 atom stereocenters. The molecule has 4 rings (SSSR count). The van der Waals surface area contributed by atoms with Gasteiger partial charge in [0.05, 0.1) is 19.2 Å². The van der Waals surface area contributed by atoms with Gasteiger partial charge in [-0.1, -0.05) is 62.9 Å². The highest BCUT2D eigenvalue weighted by molar-refractivity contribution is 6.46. The van der Waals surface area contributed by atoms with E-state index in [1.165, 1.54) is 0 Å². The van der Waals surface area contributed by atoms with E-state index >= 15 is 0 Å². The first kappa shape index (κ1) is 25.2. The fraction of sp³-hybridized carbons (Fsp3) is 0.345. The standard InChI is InChI=1S/C29H33N3O4/c1-4-18-36-24-12-10-23(11-13-24)27(33)25-26(22-8-6-21(7-9-22)20(2)3)32(29(35)28(25)34)16-5-15-31-17-14-30-19-31/h6-14,17,19-20,26H,4-5,15-16,18H2,1-3H3,(H,33,34). The van der Waals surface area contributed by atoms with Gasteiger partial charge in [0, 0.05) is 18.5 Å². The van der Waals surface area contributed by atoms with Gasteiger partial charge in [0.15, 0.2) is 0 Å². The van der Waals surface area contributed by atoms with Crippen molar-refractivity contribution in [1.82, 2.24) is 9.88 Å². The monoisotopic (exact) mass is 487 g/mol. The third-order valence-corrected chi connectivity index (χ3v) is 6.46. The summed E-state index contributed by atoms with van der Waals surface area (Å²) in [6, 6.07) is 13.9. The van der Waals surface area contributed by atoms with Crippen molar-refractivity contribution in [1.29, 1.82) is 0 Å². The van der Waals surface area contributed by atoms with Crippen molar-refractivity contribution in [2.45, 2.75) is 52.1 Å².